The average molecular weight is 315 g/mol. The van der Waals surface area contributed by atoms with Gasteiger partial charge in [-0.15, -0.1) is 0 Å². The lowest BCUT2D eigenvalue weighted by Gasteiger charge is -2.04. The Kier molecular flexibility index (Phi) is 3.94. The predicted octanol–water partition coefficient (Wildman–Crippen LogP) is 3.32. The molecule has 0 bridgehead atoms. The molecule has 5 nitrogen and oxygen atoms in total. The summed E-state index contributed by atoms with van der Waals surface area (Å²) in [6.07, 6.45) is 0.948. The predicted molar refractivity (Wildman–Crippen MR) is 86.0 cm³/mol. The third-order valence-electron chi connectivity index (χ3n) is 3.53. The van der Waals surface area contributed by atoms with E-state index in [1.54, 1.807) is 13.0 Å². The van der Waals surface area contributed by atoms with E-state index >= 15 is 0 Å². The van der Waals surface area contributed by atoms with Crippen molar-refractivity contribution in [1.82, 2.24) is 9.72 Å². The van der Waals surface area contributed by atoms with Gasteiger partial charge in [-0.1, -0.05) is 35.5 Å². The summed E-state index contributed by atoms with van der Waals surface area (Å²) in [5.74, 6) is 0.232. The molecule has 6 heteroatoms. The number of benzene rings is 1. The molecule has 0 saturated carbocycles. The topological polar surface area (TPSA) is 60.4 Å². The highest BCUT2D eigenvalue weighted by atomic mass is 32.1. The number of aryl methyl sites for hydroxylation is 3. The van der Waals surface area contributed by atoms with Gasteiger partial charge in [0.2, 0.25) is 0 Å². The highest BCUT2D eigenvalue weighted by Gasteiger charge is 2.13. The van der Waals surface area contributed by atoms with Gasteiger partial charge in [0, 0.05) is 12.6 Å². The Balaban J connectivity index is 2.18. The molecule has 0 atom stereocenters. The summed E-state index contributed by atoms with van der Waals surface area (Å²) in [6, 6.07) is 7.83. The number of hydrogen-bond acceptors (Lipinski definition) is 4. The molecule has 0 saturated heterocycles. The molecule has 2 aromatic heterocycles. The fourth-order valence-electron chi connectivity index (χ4n) is 2.48. The molecule has 3 rings (SSSR count). The van der Waals surface area contributed by atoms with Crippen LogP contribution in [0.5, 0.6) is 0 Å². The Morgan fingerprint density at radius 3 is 2.86 bits per heavy atom. The van der Waals surface area contributed by atoms with Crippen molar-refractivity contribution in [3.8, 4) is 0 Å². The zero-order chi connectivity index (χ0) is 15.7. The van der Waals surface area contributed by atoms with Crippen molar-refractivity contribution in [3.63, 3.8) is 0 Å². The van der Waals surface area contributed by atoms with Gasteiger partial charge in [0.15, 0.2) is 10.5 Å². The van der Waals surface area contributed by atoms with E-state index in [-0.39, 0.29) is 11.6 Å². The number of hydrogen-bond donors (Lipinski definition) is 0. The van der Waals surface area contributed by atoms with Crippen LogP contribution in [0.2, 0.25) is 0 Å². The van der Waals surface area contributed by atoms with Gasteiger partial charge < -0.3 is 9.09 Å². The number of nitrogens with zero attached hydrogens (tertiary/aromatic N) is 3. The summed E-state index contributed by atoms with van der Waals surface area (Å²) in [6.45, 7) is 6.71. The van der Waals surface area contributed by atoms with E-state index in [0.29, 0.717) is 10.6 Å². The fraction of sp³-hybridized carbons (Fsp3) is 0.312. The largest absolute Gasteiger partial charge is 0.361 e. The number of fused-ring (bicyclic) bond motifs is 1. The first kappa shape index (κ1) is 14.7. The fourth-order valence-corrected chi connectivity index (χ4v) is 3.62. The van der Waals surface area contributed by atoms with Crippen molar-refractivity contribution in [3.05, 3.63) is 46.1 Å². The van der Waals surface area contributed by atoms with Crippen LogP contribution in [0.3, 0.4) is 0 Å². The second kappa shape index (κ2) is 5.88. The summed E-state index contributed by atoms with van der Waals surface area (Å²) in [7, 11) is 0. The molecule has 0 N–H and O–H groups in total. The summed E-state index contributed by atoms with van der Waals surface area (Å²) in [5.41, 5.74) is 2.68. The second-order valence-electron chi connectivity index (χ2n) is 4.99. The molecular formula is C16H17N3O2S. The van der Waals surface area contributed by atoms with Gasteiger partial charge in [-0.3, -0.25) is 4.79 Å². The van der Waals surface area contributed by atoms with Crippen LogP contribution in [0.1, 0.15) is 35.7 Å². The van der Waals surface area contributed by atoms with Gasteiger partial charge in [0.25, 0.3) is 0 Å². The van der Waals surface area contributed by atoms with E-state index in [4.69, 9.17) is 4.52 Å². The lowest BCUT2D eigenvalue weighted by atomic mass is 10.1. The SMILES string of the molecule is CCc1cccc2sc(=NC(=O)c3cc(C)on3)n(CC)c12. The van der Waals surface area contributed by atoms with Crippen LogP contribution in [0.4, 0.5) is 0 Å². The molecule has 0 fully saturated rings. The molecule has 0 radical (unpaired) electrons. The minimum Gasteiger partial charge on any atom is -0.361 e. The zero-order valence-electron chi connectivity index (χ0n) is 12.8. The quantitative estimate of drug-likeness (QED) is 0.745. The number of carbonyl (C=O) groups excluding carboxylic acids is 1. The van der Waals surface area contributed by atoms with Crippen molar-refractivity contribution >= 4 is 27.5 Å². The zero-order valence-corrected chi connectivity index (χ0v) is 13.6. The average Bonchev–Trinajstić information content (AvgIpc) is 3.09. The minimum atomic E-state index is -0.372. The van der Waals surface area contributed by atoms with Crippen LogP contribution < -0.4 is 4.80 Å². The molecule has 0 aliphatic rings. The number of carbonyl (C=O) groups is 1. The molecule has 0 spiro atoms. The van der Waals surface area contributed by atoms with Crippen LogP contribution >= 0.6 is 11.3 Å². The number of para-hydroxylation sites is 1. The van der Waals surface area contributed by atoms with Crippen LogP contribution in [0.15, 0.2) is 33.8 Å². The molecule has 0 aliphatic heterocycles. The minimum absolute atomic E-state index is 0.244. The summed E-state index contributed by atoms with van der Waals surface area (Å²) >= 11 is 1.52. The Morgan fingerprint density at radius 2 is 2.23 bits per heavy atom. The van der Waals surface area contributed by atoms with E-state index in [2.05, 4.69) is 40.7 Å². The third kappa shape index (κ3) is 2.50. The number of thiazole rings is 1. The number of rotatable bonds is 3. The first-order valence-electron chi connectivity index (χ1n) is 7.27. The van der Waals surface area contributed by atoms with E-state index in [1.165, 1.54) is 22.4 Å². The van der Waals surface area contributed by atoms with E-state index < -0.39 is 0 Å². The second-order valence-corrected chi connectivity index (χ2v) is 6.00. The van der Waals surface area contributed by atoms with Gasteiger partial charge in [-0.05, 0) is 31.9 Å². The first-order valence-corrected chi connectivity index (χ1v) is 8.09. The Hall–Kier alpha value is -2.21. The Bertz CT molecular complexity index is 902. The molecule has 3 aromatic rings. The highest BCUT2D eigenvalue weighted by Crippen LogP contribution is 2.22. The molecule has 1 aromatic carbocycles. The van der Waals surface area contributed by atoms with E-state index in [9.17, 15) is 4.79 Å². The molecule has 114 valence electrons. The van der Waals surface area contributed by atoms with E-state index in [1.807, 2.05) is 6.07 Å². The molecule has 2 heterocycles. The molecule has 22 heavy (non-hydrogen) atoms. The molecular weight excluding hydrogens is 298 g/mol. The van der Waals surface area contributed by atoms with Gasteiger partial charge in [0.05, 0.1) is 10.2 Å². The smallest absolute Gasteiger partial charge is 0.301 e. The van der Waals surface area contributed by atoms with Crippen molar-refractivity contribution in [2.24, 2.45) is 4.99 Å². The van der Waals surface area contributed by atoms with Crippen molar-refractivity contribution < 1.29 is 9.32 Å². The summed E-state index contributed by atoms with van der Waals surface area (Å²) in [4.78, 5) is 17.2. The summed E-state index contributed by atoms with van der Waals surface area (Å²) in [5, 5.41) is 3.73. The molecule has 1 amide bonds. The van der Waals surface area contributed by atoms with Gasteiger partial charge in [0.1, 0.15) is 5.76 Å². The Morgan fingerprint density at radius 1 is 1.41 bits per heavy atom. The normalized spacial score (nSPS) is 12.2. The van der Waals surface area contributed by atoms with Gasteiger partial charge >= 0.3 is 5.91 Å². The monoisotopic (exact) mass is 315 g/mol. The van der Waals surface area contributed by atoms with Crippen LogP contribution in [-0.4, -0.2) is 15.6 Å². The summed E-state index contributed by atoms with van der Waals surface area (Å²) < 4.78 is 8.17. The molecule has 0 unspecified atom stereocenters. The first-order chi connectivity index (χ1) is 10.6. The third-order valence-corrected chi connectivity index (χ3v) is 4.57. The van der Waals surface area contributed by atoms with Gasteiger partial charge in [-0.25, -0.2) is 0 Å². The van der Waals surface area contributed by atoms with Crippen LogP contribution in [-0.2, 0) is 13.0 Å². The maximum atomic E-state index is 12.2. The maximum Gasteiger partial charge on any atom is 0.301 e. The number of amides is 1. The van der Waals surface area contributed by atoms with Gasteiger partial charge in [-0.2, -0.15) is 4.99 Å². The maximum absolute atomic E-state index is 12.2. The van der Waals surface area contributed by atoms with Crippen LogP contribution in [0.25, 0.3) is 10.2 Å². The number of aromatic nitrogens is 2. The van der Waals surface area contributed by atoms with Crippen molar-refractivity contribution in [2.45, 2.75) is 33.7 Å². The van der Waals surface area contributed by atoms with Crippen molar-refractivity contribution in [2.75, 3.05) is 0 Å². The molecule has 0 aliphatic carbocycles. The lowest BCUT2D eigenvalue weighted by molar-refractivity contribution is 0.0989. The van der Waals surface area contributed by atoms with Crippen LogP contribution in [0, 0.1) is 6.92 Å². The highest BCUT2D eigenvalue weighted by molar-refractivity contribution is 7.16. The van der Waals surface area contributed by atoms with E-state index in [0.717, 1.165) is 17.7 Å². The Labute approximate surface area is 131 Å². The lowest BCUT2D eigenvalue weighted by Crippen LogP contribution is -2.16. The van der Waals surface area contributed by atoms with Crippen molar-refractivity contribution in [1.29, 1.82) is 0 Å². The standard InChI is InChI=1S/C16H17N3O2S/c1-4-11-7-6-8-13-14(11)19(5-2)16(22-13)17-15(20)12-9-10(3)21-18-12/h6-9H,4-5H2,1-3H3.